The van der Waals surface area contributed by atoms with Crippen LogP contribution in [0.4, 0.5) is 8.78 Å². The number of rotatable bonds is 9. The first kappa shape index (κ1) is 23.6. The number of esters is 1. The van der Waals surface area contributed by atoms with Crippen LogP contribution in [-0.2, 0) is 35.4 Å². The minimum Gasteiger partial charge on any atom is -0.461 e. The maximum atomic E-state index is 14.0. The molecule has 0 aliphatic heterocycles. The Morgan fingerprint density at radius 3 is 2.38 bits per heavy atom. The third-order valence-electron chi connectivity index (χ3n) is 5.57. The molecule has 3 rings (SSSR count). The van der Waals surface area contributed by atoms with E-state index in [2.05, 4.69) is 11.1 Å². The van der Waals surface area contributed by atoms with Crippen LogP contribution in [0.2, 0.25) is 0 Å². The predicted octanol–water partition coefficient (Wildman–Crippen LogP) is 6.01. The molecule has 0 spiro atoms. The molecule has 0 saturated heterocycles. The predicted molar refractivity (Wildman–Crippen MR) is 121 cm³/mol. The molecular formula is C27H29F2NO2. The number of hydrogen-bond donors (Lipinski definition) is 0. The van der Waals surface area contributed by atoms with Crippen LogP contribution in [0.3, 0.4) is 0 Å². The second-order valence-electron chi connectivity index (χ2n) is 8.54. The van der Waals surface area contributed by atoms with E-state index in [1.165, 1.54) is 12.1 Å². The van der Waals surface area contributed by atoms with E-state index >= 15 is 0 Å². The van der Waals surface area contributed by atoms with Crippen molar-refractivity contribution >= 4 is 5.97 Å². The number of aromatic nitrogens is 1. The summed E-state index contributed by atoms with van der Waals surface area (Å²) in [6.45, 7) is 6.10. The highest BCUT2D eigenvalue weighted by atomic mass is 19.1. The van der Waals surface area contributed by atoms with Crippen LogP contribution in [0.25, 0.3) is 0 Å². The Balaban J connectivity index is 1.58. The van der Waals surface area contributed by atoms with Crippen molar-refractivity contribution < 1.29 is 18.3 Å². The molecule has 32 heavy (non-hydrogen) atoms. The van der Waals surface area contributed by atoms with E-state index in [-0.39, 0.29) is 24.4 Å². The van der Waals surface area contributed by atoms with Gasteiger partial charge in [-0.15, -0.1) is 0 Å². The van der Waals surface area contributed by atoms with Crippen molar-refractivity contribution in [2.24, 2.45) is 11.8 Å². The summed E-state index contributed by atoms with van der Waals surface area (Å²) in [6, 6.07) is 15.4. The summed E-state index contributed by atoms with van der Waals surface area (Å²) in [5.41, 5.74) is 4.42. The zero-order valence-electron chi connectivity index (χ0n) is 18.8. The first-order valence-corrected chi connectivity index (χ1v) is 10.9. The van der Waals surface area contributed by atoms with Gasteiger partial charge in [0.2, 0.25) is 0 Å². The average Bonchev–Trinajstić information content (AvgIpc) is 2.77. The Hall–Kier alpha value is -3.08. The summed E-state index contributed by atoms with van der Waals surface area (Å²) in [4.78, 5) is 16.9. The summed E-state index contributed by atoms with van der Waals surface area (Å²) in [5.74, 6) is -1.46. The summed E-state index contributed by atoms with van der Waals surface area (Å²) < 4.78 is 32.6. The van der Waals surface area contributed by atoms with Crippen LogP contribution in [-0.4, -0.2) is 11.0 Å². The van der Waals surface area contributed by atoms with Gasteiger partial charge in [0.15, 0.2) is 0 Å². The van der Waals surface area contributed by atoms with Crippen molar-refractivity contribution in [2.75, 3.05) is 0 Å². The summed E-state index contributed by atoms with van der Waals surface area (Å²) in [7, 11) is 0. The third-order valence-corrected chi connectivity index (χ3v) is 5.57. The SMILES string of the molecule is Cc1ncc(CC(C)C(=O)OCc2ccccc2)cc1CC(C)Cc1ccc(F)cc1F. The van der Waals surface area contributed by atoms with Gasteiger partial charge in [-0.25, -0.2) is 8.78 Å². The molecule has 2 aromatic carbocycles. The van der Waals surface area contributed by atoms with E-state index in [0.717, 1.165) is 34.9 Å². The zero-order chi connectivity index (χ0) is 23.1. The lowest BCUT2D eigenvalue weighted by Crippen LogP contribution is -2.17. The fourth-order valence-corrected chi connectivity index (χ4v) is 3.76. The van der Waals surface area contributed by atoms with Crippen molar-refractivity contribution in [2.45, 2.75) is 46.6 Å². The summed E-state index contributed by atoms with van der Waals surface area (Å²) >= 11 is 0. The van der Waals surface area contributed by atoms with Crippen LogP contribution in [0.1, 0.15) is 41.8 Å². The lowest BCUT2D eigenvalue weighted by atomic mass is 9.92. The topological polar surface area (TPSA) is 39.2 Å². The first-order chi connectivity index (χ1) is 15.3. The lowest BCUT2D eigenvalue weighted by Gasteiger charge is -2.16. The zero-order valence-corrected chi connectivity index (χ0v) is 18.8. The van der Waals surface area contributed by atoms with Gasteiger partial charge in [-0.2, -0.15) is 0 Å². The highest BCUT2D eigenvalue weighted by molar-refractivity contribution is 5.72. The molecule has 2 atom stereocenters. The van der Waals surface area contributed by atoms with Crippen LogP contribution in [0, 0.1) is 30.4 Å². The lowest BCUT2D eigenvalue weighted by molar-refractivity contribution is -0.149. The third kappa shape index (κ3) is 6.71. The largest absolute Gasteiger partial charge is 0.461 e. The second kappa shape index (κ2) is 11.0. The standard InChI is InChI=1S/C27H29F2NO2/c1-18(11-23-9-10-25(28)15-26(23)29)12-24-14-22(16-30-20(24)3)13-19(2)27(31)32-17-21-7-5-4-6-8-21/h4-10,14-16,18-19H,11-13,17H2,1-3H3. The van der Waals surface area contributed by atoms with Gasteiger partial charge in [-0.3, -0.25) is 9.78 Å². The van der Waals surface area contributed by atoms with Gasteiger partial charge in [-0.05, 0) is 60.4 Å². The Morgan fingerprint density at radius 1 is 0.938 bits per heavy atom. The molecular weight excluding hydrogens is 408 g/mol. The van der Waals surface area contributed by atoms with E-state index in [1.807, 2.05) is 51.1 Å². The van der Waals surface area contributed by atoms with Crippen molar-refractivity contribution in [1.82, 2.24) is 4.98 Å². The number of ether oxygens (including phenoxy) is 1. The fourth-order valence-electron chi connectivity index (χ4n) is 3.76. The average molecular weight is 438 g/mol. The summed E-state index contributed by atoms with van der Waals surface area (Å²) in [6.07, 6.45) is 3.56. The first-order valence-electron chi connectivity index (χ1n) is 10.9. The number of pyridine rings is 1. The van der Waals surface area contributed by atoms with E-state index in [0.29, 0.717) is 18.4 Å². The number of nitrogens with zero attached hydrogens (tertiary/aromatic N) is 1. The number of aryl methyl sites for hydroxylation is 1. The van der Waals surface area contributed by atoms with E-state index in [9.17, 15) is 13.6 Å². The fraction of sp³-hybridized carbons (Fsp3) is 0.333. The van der Waals surface area contributed by atoms with Gasteiger partial charge in [-0.1, -0.05) is 56.3 Å². The van der Waals surface area contributed by atoms with Gasteiger partial charge in [0.05, 0.1) is 5.92 Å². The molecule has 0 amide bonds. The van der Waals surface area contributed by atoms with Gasteiger partial charge in [0, 0.05) is 18.0 Å². The number of benzene rings is 2. The monoisotopic (exact) mass is 437 g/mol. The number of halogens is 2. The molecule has 0 fully saturated rings. The molecule has 0 saturated carbocycles. The van der Waals surface area contributed by atoms with Crippen LogP contribution < -0.4 is 0 Å². The molecule has 168 valence electrons. The second-order valence-corrected chi connectivity index (χ2v) is 8.54. The maximum absolute atomic E-state index is 14.0. The molecule has 2 unspecified atom stereocenters. The van der Waals surface area contributed by atoms with Crippen LogP contribution >= 0.6 is 0 Å². The van der Waals surface area contributed by atoms with Crippen LogP contribution in [0.5, 0.6) is 0 Å². The van der Waals surface area contributed by atoms with Gasteiger partial charge >= 0.3 is 5.97 Å². The Labute approximate surface area is 188 Å². The van der Waals surface area contributed by atoms with E-state index < -0.39 is 11.6 Å². The molecule has 1 heterocycles. The number of carbonyl (C=O) groups is 1. The molecule has 0 aliphatic carbocycles. The van der Waals surface area contributed by atoms with Crippen LogP contribution in [0.15, 0.2) is 60.8 Å². The molecule has 0 N–H and O–H groups in total. The quantitative estimate of drug-likeness (QED) is 0.385. The van der Waals surface area contributed by atoms with Crippen molar-refractivity contribution in [1.29, 1.82) is 0 Å². The number of hydrogen-bond acceptors (Lipinski definition) is 3. The molecule has 5 heteroatoms. The van der Waals surface area contributed by atoms with Crippen molar-refractivity contribution in [3.8, 4) is 0 Å². The smallest absolute Gasteiger partial charge is 0.309 e. The Morgan fingerprint density at radius 2 is 1.66 bits per heavy atom. The normalized spacial score (nSPS) is 12.9. The molecule has 0 radical (unpaired) electrons. The molecule has 0 bridgehead atoms. The van der Waals surface area contributed by atoms with Gasteiger partial charge in [0.1, 0.15) is 18.2 Å². The molecule has 0 aliphatic rings. The highest BCUT2D eigenvalue weighted by Gasteiger charge is 2.17. The van der Waals surface area contributed by atoms with Gasteiger partial charge in [0.25, 0.3) is 0 Å². The van der Waals surface area contributed by atoms with E-state index in [1.54, 1.807) is 6.20 Å². The molecule has 1 aromatic heterocycles. The minimum atomic E-state index is -0.567. The maximum Gasteiger partial charge on any atom is 0.309 e. The van der Waals surface area contributed by atoms with E-state index in [4.69, 9.17) is 4.74 Å². The molecule has 3 nitrogen and oxygen atoms in total. The van der Waals surface area contributed by atoms with Crippen molar-refractivity contribution in [3.63, 3.8) is 0 Å². The van der Waals surface area contributed by atoms with Gasteiger partial charge < -0.3 is 4.74 Å². The number of carbonyl (C=O) groups excluding carboxylic acids is 1. The molecule has 3 aromatic rings. The minimum absolute atomic E-state index is 0.152. The summed E-state index contributed by atoms with van der Waals surface area (Å²) in [5, 5.41) is 0. The Bertz CT molecular complexity index is 1050. The highest BCUT2D eigenvalue weighted by Crippen LogP contribution is 2.21. The Kier molecular flexibility index (Phi) is 8.09. The van der Waals surface area contributed by atoms with Crippen molar-refractivity contribution in [3.05, 3.63) is 100 Å².